The van der Waals surface area contributed by atoms with E-state index < -0.39 is 12.6 Å². The second-order valence-electron chi connectivity index (χ2n) is 7.36. The van der Waals surface area contributed by atoms with Crippen molar-refractivity contribution in [3.8, 4) is 11.5 Å². The maximum atomic E-state index is 12.8. The highest BCUT2D eigenvalue weighted by Crippen LogP contribution is 2.32. The minimum Gasteiger partial charge on any atom is -0.454 e. The quantitative estimate of drug-likeness (QED) is 0.733. The second-order valence-corrected chi connectivity index (χ2v) is 7.36. The zero-order valence-electron chi connectivity index (χ0n) is 16.6. The molecule has 30 heavy (non-hydrogen) atoms. The molecule has 2 heterocycles. The third kappa shape index (κ3) is 4.55. The third-order valence-corrected chi connectivity index (χ3v) is 5.35. The van der Waals surface area contributed by atoms with Gasteiger partial charge in [0, 0.05) is 38.3 Å². The molecular weight excluding hydrogens is 386 g/mol. The number of aliphatic hydroxyl groups excluding tert-OH is 1. The summed E-state index contributed by atoms with van der Waals surface area (Å²) in [6.45, 7) is 3.09. The number of carbonyl (C=O) groups excluding carboxylic acids is 2. The highest BCUT2D eigenvalue weighted by Gasteiger charge is 2.28. The second kappa shape index (κ2) is 9.15. The highest BCUT2D eigenvalue weighted by atomic mass is 16.7. The summed E-state index contributed by atoms with van der Waals surface area (Å²) in [6.07, 6.45) is 0. The summed E-state index contributed by atoms with van der Waals surface area (Å²) in [6, 6.07) is 13.6. The molecule has 2 aromatic rings. The van der Waals surface area contributed by atoms with Crippen molar-refractivity contribution < 1.29 is 24.2 Å². The minimum absolute atomic E-state index is 0.256. The van der Waals surface area contributed by atoms with Gasteiger partial charge in [-0.3, -0.25) is 14.5 Å². The Hall–Kier alpha value is -3.10. The predicted molar refractivity (Wildman–Crippen MR) is 109 cm³/mol. The normalized spacial score (nSPS) is 16.9. The molecule has 2 N–H and O–H groups in total. The van der Waals surface area contributed by atoms with E-state index in [-0.39, 0.29) is 18.6 Å². The number of nitrogens with one attached hydrogen (secondary N) is 1. The van der Waals surface area contributed by atoms with Gasteiger partial charge >= 0.3 is 0 Å². The summed E-state index contributed by atoms with van der Waals surface area (Å²) in [5.74, 6) is 0.900. The van der Waals surface area contributed by atoms with E-state index in [1.54, 1.807) is 29.2 Å². The van der Waals surface area contributed by atoms with Gasteiger partial charge in [0.1, 0.15) is 6.04 Å². The highest BCUT2D eigenvalue weighted by molar-refractivity contribution is 5.97. The fourth-order valence-corrected chi connectivity index (χ4v) is 3.66. The Morgan fingerprint density at radius 3 is 2.47 bits per heavy atom. The molecule has 2 aliphatic heterocycles. The summed E-state index contributed by atoms with van der Waals surface area (Å²) in [5, 5.41) is 12.3. The van der Waals surface area contributed by atoms with Crippen molar-refractivity contribution in [2.45, 2.75) is 12.6 Å². The van der Waals surface area contributed by atoms with Crippen LogP contribution in [0.4, 0.5) is 0 Å². The number of amides is 2. The smallest absolute Gasteiger partial charge is 0.251 e. The standard InChI is InChI=1S/C22H25N3O5/c26-14-18(23-21(27)17-4-2-1-3-5-17)22(28)25-10-8-24(9-11-25)13-16-6-7-19-20(12-16)30-15-29-19/h1-7,12,18,26H,8-11,13-15H2,(H,23,27). The molecule has 158 valence electrons. The number of aliphatic hydroxyl groups is 1. The number of fused-ring (bicyclic) bond motifs is 1. The molecule has 1 unspecified atom stereocenters. The van der Waals surface area contributed by atoms with Crippen LogP contribution in [0.1, 0.15) is 15.9 Å². The SMILES string of the molecule is O=C(NC(CO)C(=O)N1CCN(Cc2ccc3c(c2)OCO3)CC1)c1ccccc1. The Morgan fingerprint density at radius 1 is 1.00 bits per heavy atom. The average Bonchev–Trinajstić information content (AvgIpc) is 3.26. The lowest BCUT2D eigenvalue weighted by molar-refractivity contribution is -0.136. The van der Waals surface area contributed by atoms with Crippen LogP contribution in [0.15, 0.2) is 48.5 Å². The molecule has 2 amide bonds. The molecule has 0 spiro atoms. The zero-order chi connectivity index (χ0) is 20.9. The molecule has 8 heteroatoms. The molecule has 0 radical (unpaired) electrons. The van der Waals surface area contributed by atoms with E-state index in [0.717, 1.165) is 23.6 Å². The van der Waals surface area contributed by atoms with Crippen molar-refractivity contribution >= 4 is 11.8 Å². The van der Waals surface area contributed by atoms with Crippen LogP contribution in [0.5, 0.6) is 11.5 Å². The lowest BCUT2D eigenvalue weighted by Gasteiger charge is -2.36. The van der Waals surface area contributed by atoms with Gasteiger partial charge < -0.3 is 24.8 Å². The van der Waals surface area contributed by atoms with Gasteiger partial charge in [-0.25, -0.2) is 0 Å². The molecule has 2 aliphatic rings. The van der Waals surface area contributed by atoms with E-state index in [9.17, 15) is 14.7 Å². The lowest BCUT2D eigenvalue weighted by Crippen LogP contribution is -2.55. The van der Waals surface area contributed by atoms with Crippen LogP contribution in [0.25, 0.3) is 0 Å². The minimum atomic E-state index is -0.946. The van der Waals surface area contributed by atoms with Gasteiger partial charge in [-0.15, -0.1) is 0 Å². The summed E-state index contributed by atoms with van der Waals surface area (Å²) >= 11 is 0. The molecule has 1 atom stereocenters. The molecule has 8 nitrogen and oxygen atoms in total. The van der Waals surface area contributed by atoms with Crippen molar-refractivity contribution in [1.82, 2.24) is 15.1 Å². The van der Waals surface area contributed by atoms with Crippen LogP contribution < -0.4 is 14.8 Å². The van der Waals surface area contributed by atoms with Crippen LogP contribution in [-0.4, -0.2) is 72.3 Å². The van der Waals surface area contributed by atoms with Crippen LogP contribution in [0.3, 0.4) is 0 Å². The number of rotatable bonds is 6. The first-order valence-electron chi connectivity index (χ1n) is 10.0. The van der Waals surface area contributed by atoms with Gasteiger partial charge in [0.05, 0.1) is 6.61 Å². The topological polar surface area (TPSA) is 91.3 Å². The van der Waals surface area contributed by atoms with E-state index in [2.05, 4.69) is 10.2 Å². The summed E-state index contributed by atoms with van der Waals surface area (Å²) in [4.78, 5) is 29.1. The van der Waals surface area contributed by atoms with Crippen LogP contribution >= 0.6 is 0 Å². The van der Waals surface area contributed by atoms with Gasteiger partial charge in [0.25, 0.3) is 5.91 Å². The molecule has 0 aromatic heterocycles. The van der Waals surface area contributed by atoms with Crippen molar-refractivity contribution in [1.29, 1.82) is 0 Å². The number of hydrogen-bond acceptors (Lipinski definition) is 6. The van der Waals surface area contributed by atoms with Crippen LogP contribution in [-0.2, 0) is 11.3 Å². The molecule has 0 bridgehead atoms. The fourth-order valence-electron chi connectivity index (χ4n) is 3.66. The Labute approximate surface area is 175 Å². The van der Waals surface area contributed by atoms with Gasteiger partial charge in [0.15, 0.2) is 11.5 Å². The lowest BCUT2D eigenvalue weighted by atomic mass is 10.1. The summed E-state index contributed by atoms with van der Waals surface area (Å²) in [5.41, 5.74) is 1.58. The maximum absolute atomic E-state index is 12.8. The van der Waals surface area contributed by atoms with Crippen molar-refractivity contribution in [3.63, 3.8) is 0 Å². The molecular formula is C22H25N3O5. The number of ether oxygens (including phenoxy) is 2. The van der Waals surface area contributed by atoms with Crippen molar-refractivity contribution in [2.24, 2.45) is 0 Å². The van der Waals surface area contributed by atoms with Gasteiger partial charge in [-0.1, -0.05) is 24.3 Å². The Kier molecular flexibility index (Phi) is 6.15. The first-order chi connectivity index (χ1) is 14.6. The van der Waals surface area contributed by atoms with E-state index in [0.29, 0.717) is 31.7 Å². The first kappa shape index (κ1) is 20.2. The first-order valence-corrected chi connectivity index (χ1v) is 10.0. The zero-order valence-corrected chi connectivity index (χ0v) is 16.6. The molecule has 0 aliphatic carbocycles. The average molecular weight is 411 g/mol. The molecule has 1 fully saturated rings. The number of hydrogen-bond donors (Lipinski definition) is 2. The van der Waals surface area contributed by atoms with Gasteiger partial charge in [-0.2, -0.15) is 0 Å². The monoisotopic (exact) mass is 411 g/mol. The molecule has 2 aromatic carbocycles. The van der Waals surface area contributed by atoms with E-state index in [1.807, 2.05) is 24.3 Å². The van der Waals surface area contributed by atoms with Crippen LogP contribution in [0.2, 0.25) is 0 Å². The number of carbonyl (C=O) groups is 2. The summed E-state index contributed by atoms with van der Waals surface area (Å²) < 4.78 is 10.8. The number of benzene rings is 2. The van der Waals surface area contributed by atoms with Crippen molar-refractivity contribution in [2.75, 3.05) is 39.6 Å². The summed E-state index contributed by atoms with van der Waals surface area (Å²) in [7, 11) is 0. The molecule has 4 rings (SSSR count). The maximum Gasteiger partial charge on any atom is 0.251 e. The Bertz CT molecular complexity index is 897. The molecule has 0 saturated carbocycles. The Balaban J connectivity index is 1.29. The number of piperazine rings is 1. The number of nitrogens with zero attached hydrogens (tertiary/aromatic N) is 2. The van der Waals surface area contributed by atoms with Crippen LogP contribution in [0, 0.1) is 0 Å². The van der Waals surface area contributed by atoms with Gasteiger partial charge in [-0.05, 0) is 29.8 Å². The Morgan fingerprint density at radius 2 is 1.73 bits per heavy atom. The van der Waals surface area contributed by atoms with Crippen molar-refractivity contribution in [3.05, 3.63) is 59.7 Å². The fraction of sp³-hybridized carbons (Fsp3) is 0.364. The third-order valence-electron chi connectivity index (χ3n) is 5.35. The largest absolute Gasteiger partial charge is 0.454 e. The van der Waals surface area contributed by atoms with E-state index in [4.69, 9.17) is 9.47 Å². The van der Waals surface area contributed by atoms with E-state index in [1.165, 1.54) is 0 Å². The van der Waals surface area contributed by atoms with E-state index >= 15 is 0 Å². The van der Waals surface area contributed by atoms with Gasteiger partial charge in [0.2, 0.25) is 12.7 Å². The predicted octanol–water partition coefficient (Wildman–Crippen LogP) is 0.850. The molecule has 1 saturated heterocycles.